The smallest absolute Gasteiger partial charge is 0.410 e. The molecule has 2 aromatic carbocycles. The van der Waals surface area contributed by atoms with Gasteiger partial charge in [-0.2, -0.15) is 0 Å². The molecule has 2 fully saturated rings. The van der Waals surface area contributed by atoms with E-state index in [-0.39, 0.29) is 36.3 Å². The van der Waals surface area contributed by atoms with Gasteiger partial charge in [0, 0.05) is 38.5 Å². The maximum Gasteiger partial charge on any atom is 0.410 e. The molecule has 3 heterocycles. The molecule has 0 atom stereocenters. The van der Waals surface area contributed by atoms with Crippen molar-refractivity contribution in [3.8, 4) is 0 Å². The van der Waals surface area contributed by atoms with Gasteiger partial charge in [0.1, 0.15) is 18.9 Å². The van der Waals surface area contributed by atoms with E-state index in [1.807, 2.05) is 12.1 Å². The third kappa shape index (κ3) is 6.76. The normalized spacial score (nSPS) is 15.8. The predicted molar refractivity (Wildman–Crippen MR) is 168 cm³/mol. The van der Waals surface area contributed by atoms with Crippen molar-refractivity contribution in [2.24, 2.45) is 0 Å². The fraction of sp³-hybridized carbons (Fsp3) is 0.419. The molecule has 2 amide bonds. The second-order valence-corrected chi connectivity index (χ2v) is 16.9. The fourth-order valence-corrected chi connectivity index (χ4v) is 11.0. The Morgan fingerprint density at radius 3 is 2.07 bits per heavy atom. The number of benzene rings is 2. The number of carbonyl (C=O) groups excluding carboxylic acids is 3. The summed E-state index contributed by atoms with van der Waals surface area (Å²) in [6.45, 7) is 10.2. The number of aromatic nitrogens is 1. The third-order valence-electron chi connectivity index (χ3n) is 7.69. The third-order valence-corrected chi connectivity index (χ3v) is 13.7. The summed E-state index contributed by atoms with van der Waals surface area (Å²) in [6.07, 6.45) is -0.455. The van der Waals surface area contributed by atoms with Gasteiger partial charge in [0.15, 0.2) is 5.13 Å². The molecule has 0 spiro atoms. The molecule has 0 bridgehead atoms. The van der Waals surface area contributed by atoms with E-state index >= 15 is 0 Å². The molecule has 10 nitrogen and oxygen atoms in total. The average Bonchev–Trinajstić information content (AvgIpc) is 3.42. The van der Waals surface area contributed by atoms with Crippen LogP contribution in [-0.4, -0.2) is 87.7 Å². The highest BCUT2D eigenvalue weighted by atomic mass is 32.1. The number of hydrogen-bond acceptors (Lipinski definition) is 9. The topological polar surface area (TPSA) is 110 Å². The summed E-state index contributed by atoms with van der Waals surface area (Å²) < 4.78 is 17.0. The van der Waals surface area contributed by atoms with Gasteiger partial charge in [-0.15, -0.1) is 11.3 Å². The standard InChI is InChI=1S/C31H38N4O6SSi/c1-22(36)39-15-16-40-30(38)35-17-23(18-35)32-28(37)27-21-42-29(33-27)34-19-24(20-34)41-43(31(2,3)4,25-11-7-5-8-12-25)26-13-9-6-10-14-26/h5-14,21,23-24H,15-20H2,1-4H3,(H,32,37). The number of nitrogens with zero attached hydrogens (tertiary/aromatic N) is 3. The summed E-state index contributed by atoms with van der Waals surface area (Å²) in [5.41, 5.74) is 0.360. The van der Waals surface area contributed by atoms with E-state index in [0.717, 1.165) is 5.13 Å². The summed E-state index contributed by atoms with van der Waals surface area (Å²) in [5.74, 6) is -0.693. The summed E-state index contributed by atoms with van der Waals surface area (Å²) in [6, 6.07) is 21.1. The highest BCUT2D eigenvalue weighted by Gasteiger charge is 2.52. The zero-order chi connectivity index (χ0) is 30.6. The fourth-order valence-electron chi connectivity index (χ4n) is 5.51. The first-order valence-corrected chi connectivity index (χ1v) is 17.2. The van der Waals surface area contributed by atoms with Gasteiger partial charge < -0.3 is 29.0 Å². The number of hydrogen-bond donors (Lipinski definition) is 1. The molecule has 1 N–H and O–H groups in total. The van der Waals surface area contributed by atoms with E-state index in [1.54, 1.807) is 5.38 Å². The van der Waals surface area contributed by atoms with Crippen molar-refractivity contribution in [2.75, 3.05) is 44.3 Å². The lowest BCUT2D eigenvalue weighted by molar-refractivity contribution is -0.142. The van der Waals surface area contributed by atoms with Crippen molar-refractivity contribution in [1.29, 1.82) is 0 Å². The summed E-state index contributed by atoms with van der Waals surface area (Å²) in [5, 5.41) is 7.90. The zero-order valence-corrected chi connectivity index (χ0v) is 26.8. The van der Waals surface area contributed by atoms with E-state index in [4.69, 9.17) is 13.9 Å². The Hall–Kier alpha value is -3.74. The molecule has 0 saturated carbocycles. The molecule has 0 unspecified atom stereocenters. The Labute approximate surface area is 257 Å². The number of amides is 2. The van der Waals surface area contributed by atoms with E-state index in [2.05, 4.69) is 84.5 Å². The van der Waals surface area contributed by atoms with Crippen LogP contribution >= 0.6 is 11.3 Å². The molecule has 2 saturated heterocycles. The van der Waals surface area contributed by atoms with E-state index < -0.39 is 20.4 Å². The molecule has 43 heavy (non-hydrogen) atoms. The van der Waals surface area contributed by atoms with Gasteiger partial charge in [0.2, 0.25) is 0 Å². The van der Waals surface area contributed by atoms with Crippen LogP contribution in [0.2, 0.25) is 5.04 Å². The summed E-state index contributed by atoms with van der Waals surface area (Å²) >= 11 is 1.44. The number of ether oxygens (including phenoxy) is 2. The van der Waals surface area contributed by atoms with E-state index in [0.29, 0.717) is 31.9 Å². The Balaban J connectivity index is 1.15. The largest absolute Gasteiger partial charge is 0.462 e. The van der Waals surface area contributed by atoms with Gasteiger partial charge in [-0.25, -0.2) is 9.78 Å². The van der Waals surface area contributed by atoms with Crippen LogP contribution in [0.4, 0.5) is 9.93 Å². The van der Waals surface area contributed by atoms with Gasteiger partial charge in [-0.05, 0) is 15.4 Å². The highest BCUT2D eigenvalue weighted by Crippen LogP contribution is 2.39. The van der Waals surface area contributed by atoms with Crippen molar-refractivity contribution in [1.82, 2.24) is 15.2 Å². The molecule has 1 aromatic heterocycles. The first-order valence-electron chi connectivity index (χ1n) is 14.4. The monoisotopic (exact) mass is 622 g/mol. The predicted octanol–water partition coefficient (Wildman–Crippen LogP) is 3.02. The second-order valence-electron chi connectivity index (χ2n) is 11.9. The van der Waals surface area contributed by atoms with Crippen molar-refractivity contribution in [2.45, 2.75) is 44.9 Å². The highest BCUT2D eigenvalue weighted by molar-refractivity contribution is 7.14. The molecule has 0 aliphatic carbocycles. The van der Waals surface area contributed by atoms with Gasteiger partial charge in [-0.1, -0.05) is 81.4 Å². The molecule has 5 rings (SSSR count). The Kier molecular flexibility index (Phi) is 9.18. The lowest BCUT2D eigenvalue weighted by Gasteiger charge is -2.49. The maximum absolute atomic E-state index is 12.8. The number of nitrogens with one attached hydrogen (secondary N) is 1. The molecule has 0 radical (unpaired) electrons. The van der Waals surface area contributed by atoms with Crippen LogP contribution in [0.5, 0.6) is 0 Å². The van der Waals surface area contributed by atoms with Crippen LogP contribution in [0.3, 0.4) is 0 Å². The lowest BCUT2D eigenvalue weighted by atomic mass is 10.1. The van der Waals surface area contributed by atoms with Gasteiger partial charge in [-0.3, -0.25) is 9.59 Å². The quantitative estimate of drug-likeness (QED) is 0.209. The Bertz CT molecular complexity index is 1380. The zero-order valence-electron chi connectivity index (χ0n) is 24.9. The van der Waals surface area contributed by atoms with Crippen LogP contribution in [0, 0.1) is 0 Å². The van der Waals surface area contributed by atoms with Crippen LogP contribution in [0.25, 0.3) is 0 Å². The van der Waals surface area contributed by atoms with Crippen molar-refractivity contribution < 1.29 is 28.3 Å². The number of esters is 1. The van der Waals surface area contributed by atoms with Gasteiger partial charge in [0.05, 0.1) is 12.1 Å². The van der Waals surface area contributed by atoms with Crippen LogP contribution in [0.1, 0.15) is 38.2 Å². The molecule has 12 heteroatoms. The van der Waals surface area contributed by atoms with Crippen molar-refractivity contribution in [3.05, 3.63) is 71.7 Å². The average molecular weight is 623 g/mol. The maximum atomic E-state index is 12.8. The molecule has 2 aliphatic rings. The minimum atomic E-state index is -2.63. The first-order chi connectivity index (χ1) is 20.6. The van der Waals surface area contributed by atoms with Gasteiger partial charge >= 0.3 is 12.1 Å². The number of thiazole rings is 1. The van der Waals surface area contributed by atoms with Gasteiger partial charge in [0.25, 0.3) is 14.2 Å². The number of carbonyl (C=O) groups is 3. The van der Waals surface area contributed by atoms with E-state index in [9.17, 15) is 14.4 Å². The summed E-state index contributed by atoms with van der Waals surface area (Å²) in [7, 11) is -2.63. The van der Waals surface area contributed by atoms with Crippen LogP contribution < -0.4 is 20.6 Å². The number of rotatable bonds is 10. The minimum Gasteiger partial charge on any atom is -0.462 e. The Morgan fingerprint density at radius 2 is 1.51 bits per heavy atom. The molecule has 228 valence electrons. The first kappa shape index (κ1) is 30.7. The molecule has 3 aromatic rings. The van der Waals surface area contributed by atoms with E-state index in [1.165, 1.54) is 33.5 Å². The second kappa shape index (κ2) is 12.9. The minimum absolute atomic E-state index is 0.00613. The number of anilines is 1. The SMILES string of the molecule is CC(=O)OCCOC(=O)N1CC(NC(=O)c2csc(N3CC(O[Si](c4ccccc4)(c4ccccc4)C(C)(C)C)C3)n2)C1. The van der Waals surface area contributed by atoms with Crippen LogP contribution in [-0.2, 0) is 18.7 Å². The van der Waals surface area contributed by atoms with Crippen LogP contribution in [0.15, 0.2) is 66.0 Å². The lowest BCUT2D eigenvalue weighted by Crippen LogP contribution is -2.70. The molecular formula is C31H38N4O6SSi. The van der Waals surface area contributed by atoms with Crippen molar-refractivity contribution >= 4 is 53.1 Å². The van der Waals surface area contributed by atoms with Crippen molar-refractivity contribution in [3.63, 3.8) is 0 Å². The summed E-state index contributed by atoms with van der Waals surface area (Å²) in [4.78, 5) is 43.9. The number of likely N-dealkylation sites (tertiary alicyclic amines) is 1. The molecule has 2 aliphatic heterocycles. The Morgan fingerprint density at radius 1 is 0.930 bits per heavy atom. The molecular weight excluding hydrogens is 585 g/mol.